The molecule has 0 unspecified atom stereocenters. The van der Waals surface area contributed by atoms with E-state index >= 15 is 0 Å². The largest absolute Gasteiger partial charge is 0.452 e. The Morgan fingerprint density at radius 1 is 1.30 bits per heavy atom. The molecule has 0 aliphatic carbocycles. The van der Waals surface area contributed by atoms with Gasteiger partial charge in [-0.1, -0.05) is 43.1 Å². The molecule has 2 aromatic rings. The number of hydrogen-bond acceptors (Lipinski definition) is 4. The first-order chi connectivity index (χ1) is 13.0. The molecule has 7 heteroatoms. The number of halogens is 1. The lowest BCUT2D eigenvalue weighted by molar-refractivity contribution is -0.121. The summed E-state index contributed by atoms with van der Waals surface area (Å²) in [5, 5.41) is 4.57. The average Bonchev–Trinajstić information content (AvgIpc) is 2.97. The first-order valence-electron chi connectivity index (χ1n) is 9.31. The summed E-state index contributed by atoms with van der Waals surface area (Å²) in [7, 11) is 0. The van der Waals surface area contributed by atoms with Crippen LogP contribution in [0.2, 0.25) is 5.15 Å². The van der Waals surface area contributed by atoms with Gasteiger partial charge in [-0.15, -0.1) is 0 Å². The smallest absolute Gasteiger partial charge is 0.343 e. The van der Waals surface area contributed by atoms with E-state index in [9.17, 15) is 9.59 Å². The minimum Gasteiger partial charge on any atom is -0.452 e. The first kappa shape index (κ1) is 19.4. The van der Waals surface area contributed by atoms with Gasteiger partial charge in [-0.25, -0.2) is 4.79 Å². The number of unbranched alkanes of at least 4 members (excludes halogenated alkanes) is 1. The molecule has 144 valence electrons. The number of esters is 1. The zero-order valence-corrected chi connectivity index (χ0v) is 16.5. The molecule has 0 N–H and O–H groups in total. The van der Waals surface area contributed by atoms with E-state index in [0.29, 0.717) is 18.8 Å². The zero-order valence-electron chi connectivity index (χ0n) is 15.7. The van der Waals surface area contributed by atoms with Crippen LogP contribution in [0.1, 0.15) is 47.8 Å². The number of anilines is 1. The van der Waals surface area contributed by atoms with Crippen molar-refractivity contribution in [1.82, 2.24) is 9.78 Å². The van der Waals surface area contributed by atoms with Crippen molar-refractivity contribution in [2.24, 2.45) is 0 Å². The highest BCUT2D eigenvalue weighted by Gasteiger charge is 2.26. The third-order valence-corrected chi connectivity index (χ3v) is 5.12. The zero-order chi connectivity index (χ0) is 19.4. The van der Waals surface area contributed by atoms with Crippen LogP contribution in [0.4, 0.5) is 5.69 Å². The Balaban J connectivity index is 1.66. The van der Waals surface area contributed by atoms with Crippen LogP contribution in [0.15, 0.2) is 24.3 Å². The monoisotopic (exact) mass is 389 g/mol. The number of aromatic nitrogens is 2. The summed E-state index contributed by atoms with van der Waals surface area (Å²) >= 11 is 6.30. The Morgan fingerprint density at radius 2 is 2.07 bits per heavy atom. The van der Waals surface area contributed by atoms with E-state index in [1.807, 2.05) is 24.3 Å². The van der Waals surface area contributed by atoms with Crippen molar-refractivity contribution in [2.45, 2.75) is 46.1 Å². The van der Waals surface area contributed by atoms with E-state index in [1.165, 1.54) is 0 Å². The highest BCUT2D eigenvalue weighted by molar-refractivity contribution is 6.32. The summed E-state index contributed by atoms with van der Waals surface area (Å²) in [6.45, 7) is 4.75. The minimum absolute atomic E-state index is 0.234. The molecule has 0 radical (unpaired) electrons. The van der Waals surface area contributed by atoms with Gasteiger partial charge in [-0.05, 0) is 37.8 Å². The first-order valence-corrected chi connectivity index (χ1v) is 9.69. The lowest BCUT2D eigenvalue weighted by Crippen LogP contribution is -2.38. The molecular weight excluding hydrogens is 366 g/mol. The van der Waals surface area contributed by atoms with Gasteiger partial charge in [0, 0.05) is 18.8 Å². The second-order valence-corrected chi connectivity index (χ2v) is 7.04. The maximum atomic E-state index is 12.6. The molecule has 2 heterocycles. The molecule has 0 fully saturated rings. The lowest BCUT2D eigenvalue weighted by atomic mass is 10.0. The molecule has 0 saturated carbocycles. The number of amides is 1. The van der Waals surface area contributed by atoms with Crippen LogP contribution in [-0.4, -0.2) is 34.8 Å². The van der Waals surface area contributed by atoms with E-state index in [4.69, 9.17) is 16.3 Å². The summed E-state index contributed by atoms with van der Waals surface area (Å²) in [6, 6.07) is 7.82. The molecule has 1 aliphatic heterocycles. The quantitative estimate of drug-likeness (QED) is 0.705. The second-order valence-electron chi connectivity index (χ2n) is 6.68. The fourth-order valence-electron chi connectivity index (χ4n) is 3.31. The Hall–Kier alpha value is -2.34. The van der Waals surface area contributed by atoms with Crippen LogP contribution in [0.3, 0.4) is 0 Å². The highest BCUT2D eigenvalue weighted by atomic mass is 35.5. The fourth-order valence-corrected chi connectivity index (χ4v) is 3.65. The van der Waals surface area contributed by atoms with Crippen molar-refractivity contribution < 1.29 is 14.3 Å². The van der Waals surface area contributed by atoms with Gasteiger partial charge < -0.3 is 9.64 Å². The molecule has 0 spiro atoms. The number of nitrogens with zero attached hydrogens (tertiary/aromatic N) is 3. The van der Waals surface area contributed by atoms with Gasteiger partial charge in [0.15, 0.2) is 6.61 Å². The summed E-state index contributed by atoms with van der Waals surface area (Å²) in [5.74, 6) is -0.846. The number of ether oxygens (including phenoxy) is 1. The molecule has 0 bridgehead atoms. The normalized spacial score (nSPS) is 13.4. The van der Waals surface area contributed by atoms with Crippen molar-refractivity contribution >= 4 is 29.2 Å². The fraction of sp³-hybridized carbons (Fsp3) is 0.450. The van der Waals surface area contributed by atoms with Crippen LogP contribution in [-0.2, 0) is 22.5 Å². The molecule has 1 amide bonds. The number of fused-ring (bicyclic) bond motifs is 1. The maximum absolute atomic E-state index is 12.6. The summed E-state index contributed by atoms with van der Waals surface area (Å²) in [4.78, 5) is 26.8. The molecule has 1 aromatic heterocycles. The number of carbonyl (C=O) groups excluding carboxylic acids is 2. The Bertz CT molecular complexity index is 847. The number of para-hydroxylation sites is 1. The van der Waals surface area contributed by atoms with Gasteiger partial charge >= 0.3 is 5.97 Å². The van der Waals surface area contributed by atoms with Gasteiger partial charge in [-0.3, -0.25) is 9.48 Å². The maximum Gasteiger partial charge on any atom is 0.343 e. The number of hydrogen-bond donors (Lipinski definition) is 0. The summed E-state index contributed by atoms with van der Waals surface area (Å²) in [5.41, 5.74) is 2.78. The average molecular weight is 390 g/mol. The molecule has 0 saturated heterocycles. The van der Waals surface area contributed by atoms with E-state index in [1.54, 1.807) is 16.5 Å². The van der Waals surface area contributed by atoms with Crippen LogP contribution >= 0.6 is 11.6 Å². The predicted molar refractivity (Wildman–Crippen MR) is 104 cm³/mol. The Kier molecular flexibility index (Phi) is 6.16. The Labute approximate surface area is 164 Å². The van der Waals surface area contributed by atoms with Crippen LogP contribution < -0.4 is 4.90 Å². The molecule has 27 heavy (non-hydrogen) atoms. The van der Waals surface area contributed by atoms with Crippen molar-refractivity contribution in [1.29, 1.82) is 0 Å². The molecule has 1 aromatic carbocycles. The van der Waals surface area contributed by atoms with Crippen molar-refractivity contribution in [3.05, 3.63) is 46.2 Å². The number of aryl methyl sites for hydroxylation is 3. The van der Waals surface area contributed by atoms with Crippen LogP contribution in [0, 0.1) is 6.92 Å². The SMILES string of the molecule is CCCCn1nc(C)c(C(=O)OCC(=O)N2CCCc3ccccc32)c1Cl. The number of benzene rings is 1. The Morgan fingerprint density at radius 3 is 2.85 bits per heavy atom. The molecular formula is C20H24ClN3O3. The van der Waals surface area contributed by atoms with Gasteiger partial charge in [-0.2, -0.15) is 5.10 Å². The molecule has 0 atom stereocenters. The third kappa shape index (κ3) is 4.16. The minimum atomic E-state index is -0.612. The molecule has 1 aliphatic rings. The van der Waals surface area contributed by atoms with Gasteiger partial charge in [0.2, 0.25) is 0 Å². The second kappa shape index (κ2) is 8.57. The molecule has 3 rings (SSSR count). The number of rotatable bonds is 6. The van der Waals surface area contributed by atoms with E-state index in [-0.39, 0.29) is 23.2 Å². The topological polar surface area (TPSA) is 64.4 Å². The summed E-state index contributed by atoms with van der Waals surface area (Å²) < 4.78 is 6.88. The third-order valence-electron chi connectivity index (χ3n) is 4.73. The van der Waals surface area contributed by atoms with Crippen LogP contribution in [0.25, 0.3) is 0 Å². The standard InChI is InChI=1S/C20H24ClN3O3/c1-3-4-12-24-19(21)18(14(2)22-24)20(26)27-13-17(25)23-11-7-9-15-8-5-6-10-16(15)23/h5-6,8,10H,3-4,7,9,11-13H2,1-2H3. The summed E-state index contributed by atoms with van der Waals surface area (Å²) in [6.07, 6.45) is 3.76. The van der Waals surface area contributed by atoms with Gasteiger partial charge in [0.25, 0.3) is 5.91 Å². The van der Waals surface area contributed by atoms with E-state index in [0.717, 1.165) is 36.9 Å². The van der Waals surface area contributed by atoms with Crippen molar-refractivity contribution in [2.75, 3.05) is 18.1 Å². The predicted octanol–water partition coefficient (Wildman–Crippen LogP) is 3.78. The van der Waals surface area contributed by atoms with Crippen molar-refractivity contribution in [3.63, 3.8) is 0 Å². The number of carbonyl (C=O) groups is 2. The highest BCUT2D eigenvalue weighted by Crippen LogP contribution is 2.27. The van der Waals surface area contributed by atoms with E-state index in [2.05, 4.69) is 12.0 Å². The van der Waals surface area contributed by atoms with Crippen molar-refractivity contribution in [3.8, 4) is 0 Å². The molecule has 6 nitrogen and oxygen atoms in total. The van der Waals surface area contributed by atoms with Crippen LogP contribution in [0.5, 0.6) is 0 Å². The van der Waals surface area contributed by atoms with Gasteiger partial charge in [0.1, 0.15) is 10.7 Å². The lowest BCUT2D eigenvalue weighted by Gasteiger charge is -2.29. The van der Waals surface area contributed by atoms with Gasteiger partial charge in [0.05, 0.1) is 5.69 Å². The van der Waals surface area contributed by atoms with E-state index < -0.39 is 5.97 Å².